The third-order valence-corrected chi connectivity index (χ3v) is 12.2. The third kappa shape index (κ3) is 11.7. The topological polar surface area (TPSA) is 214 Å². The van der Waals surface area contributed by atoms with Crippen LogP contribution in [0.3, 0.4) is 0 Å². The lowest BCUT2D eigenvalue weighted by molar-refractivity contribution is -0.150. The van der Waals surface area contributed by atoms with E-state index in [4.69, 9.17) is 23.7 Å². The fraction of sp³-hybridized carbons (Fsp3) is 0.562. The number of hydrogen-bond donors (Lipinski definition) is 5. The van der Waals surface area contributed by atoms with E-state index in [1.807, 2.05) is 0 Å². The maximum absolute atomic E-state index is 15.0. The molecule has 0 radical (unpaired) electrons. The van der Waals surface area contributed by atoms with Crippen LogP contribution in [-0.4, -0.2) is 142 Å². The molecule has 4 aromatic rings. The van der Waals surface area contributed by atoms with Gasteiger partial charge in [0, 0.05) is 62.5 Å². The molecule has 8 atom stereocenters. The van der Waals surface area contributed by atoms with Crippen LogP contribution in [0, 0.1) is 11.6 Å². The van der Waals surface area contributed by atoms with Gasteiger partial charge in [-0.25, -0.2) is 18.4 Å². The van der Waals surface area contributed by atoms with E-state index < -0.39 is 101 Å². The number of ether oxygens (including phenoxy) is 5. The molecular formula is C48H64F2N6O11. The van der Waals surface area contributed by atoms with Gasteiger partial charge in [0.2, 0.25) is 11.8 Å². The van der Waals surface area contributed by atoms with E-state index in [1.165, 1.54) is 50.3 Å². The first-order chi connectivity index (χ1) is 31.4. The summed E-state index contributed by atoms with van der Waals surface area (Å²) in [5, 5.41) is 18.1. The molecule has 2 aromatic carbocycles. The second-order valence-electron chi connectivity index (χ2n) is 19.4. The highest BCUT2D eigenvalue weighted by Crippen LogP contribution is 2.40. The average molecular weight is 939 g/mol. The van der Waals surface area contributed by atoms with Crippen LogP contribution < -0.4 is 10.6 Å². The number of carbonyl (C=O) groups is 5. The van der Waals surface area contributed by atoms with E-state index >= 15 is 8.78 Å². The Bertz CT molecular complexity index is 2480. The zero-order chi connectivity index (χ0) is 49.3. The Morgan fingerprint density at radius 1 is 0.716 bits per heavy atom. The largest absolute Gasteiger partial charge is 0.460 e. The SMILES string of the molecule is CO[C@H](C)[C@H](NC(=O)OC(C)(C)C)C(=O)N1CC[C@H](OC(C)=O)[C@H]1Cc1c(-c2[nH]c3cc(F)ccc3c2C[C@@H]2[C@@H](O)CCN2C(=O)[C@@H](NC(=O)OC(C)(C)C)[C@@H](C)OC)[nH]c2cc(F)ccc12. The summed E-state index contributed by atoms with van der Waals surface area (Å²) in [5.41, 5.74) is 1.09. The van der Waals surface area contributed by atoms with Crippen LogP contribution in [-0.2, 0) is 50.9 Å². The first kappa shape index (κ1) is 50.6. The Labute approximate surface area is 388 Å². The Hall–Kier alpha value is -5.79. The lowest BCUT2D eigenvalue weighted by Gasteiger charge is -2.33. The van der Waals surface area contributed by atoms with Crippen LogP contribution in [0.2, 0.25) is 0 Å². The number of esters is 1. The number of alkyl carbamates (subject to hydrolysis) is 2. The van der Waals surface area contributed by atoms with Gasteiger partial charge in [0.05, 0.1) is 41.8 Å². The van der Waals surface area contributed by atoms with Gasteiger partial charge in [-0.3, -0.25) is 14.4 Å². The quantitative estimate of drug-likeness (QED) is 0.0728. The van der Waals surface area contributed by atoms with E-state index in [0.717, 1.165) is 0 Å². The highest BCUT2D eigenvalue weighted by atomic mass is 19.1. The predicted molar refractivity (Wildman–Crippen MR) is 244 cm³/mol. The van der Waals surface area contributed by atoms with Gasteiger partial charge < -0.3 is 59.2 Å². The second-order valence-corrected chi connectivity index (χ2v) is 19.4. The number of carbonyl (C=O) groups excluding carboxylic acids is 5. The summed E-state index contributed by atoms with van der Waals surface area (Å²) >= 11 is 0. The van der Waals surface area contributed by atoms with Crippen molar-refractivity contribution < 1.29 is 61.5 Å². The first-order valence-corrected chi connectivity index (χ1v) is 22.5. The minimum Gasteiger partial charge on any atom is -0.460 e. The number of rotatable bonds is 14. The number of fused-ring (bicyclic) bond motifs is 2. The van der Waals surface area contributed by atoms with Crippen LogP contribution in [0.1, 0.15) is 86.3 Å². The zero-order valence-corrected chi connectivity index (χ0v) is 40.0. The summed E-state index contributed by atoms with van der Waals surface area (Å²) in [4.78, 5) is 77.6. The van der Waals surface area contributed by atoms with Crippen molar-refractivity contribution in [3.8, 4) is 11.4 Å². The number of nitrogens with one attached hydrogen (secondary N) is 4. The number of aromatic amines is 2. The average Bonchev–Trinajstić information content (AvgIpc) is 3.99. The number of benzene rings is 2. The predicted octanol–water partition coefficient (Wildman–Crippen LogP) is 6.03. The van der Waals surface area contributed by atoms with E-state index in [1.54, 1.807) is 72.4 Å². The lowest BCUT2D eigenvalue weighted by Crippen LogP contribution is -2.57. The molecule has 6 rings (SSSR count). The van der Waals surface area contributed by atoms with Crippen molar-refractivity contribution in [1.29, 1.82) is 0 Å². The Balaban J connectivity index is 1.45. The van der Waals surface area contributed by atoms with Crippen molar-refractivity contribution in [2.24, 2.45) is 0 Å². The van der Waals surface area contributed by atoms with Gasteiger partial charge >= 0.3 is 18.2 Å². The molecule has 2 aliphatic heterocycles. The minimum absolute atomic E-state index is 0.0363. The summed E-state index contributed by atoms with van der Waals surface area (Å²) in [5.74, 6) is -2.67. The molecule has 67 heavy (non-hydrogen) atoms. The molecule has 0 aliphatic carbocycles. The maximum atomic E-state index is 15.0. The van der Waals surface area contributed by atoms with Crippen LogP contribution in [0.15, 0.2) is 36.4 Å². The third-order valence-electron chi connectivity index (χ3n) is 12.2. The molecule has 5 N–H and O–H groups in total. The highest BCUT2D eigenvalue weighted by Gasteiger charge is 2.45. The molecule has 2 aromatic heterocycles. The van der Waals surface area contributed by atoms with Crippen molar-refractivity contribution in [2.45, 2.75) is 148 Å². The molecule has 4 amide bonds. The van der Waals surface area contributed by atoms with Crippen molar-refractivity contribution in [3.05, 3.63) is 59.2 Å². The number of aliphatic hydroxyl groups is 1. The van der Waals surface area contributed by atoms with Gasteiger partial charge in [-0.2, -0.15) is 0 Å². The van der Waals surface area contributed by atoms with E-state index in [-0.39, 0.29) is 38.8 Å². The normalized spacial score (nSPS) is 20.7. The molecule has 0 bridgehead atoms. The van der Waals surface area contributed by atoms with E-state index in [2.05, 4.69) is 20.6 Å². The van der Waals surface area contributed by atoms with Crippen molar-refractivity contribution in [1.82, 2.24) is 30.4 Å². The molecule has 2 aliphatic rings. The molecule has 0 spiro atoms. The molecular weight excluding hydrogens is 875 g/mol. The summed E-state index contributed by atoms with van der Waals surface area (Å²) in [6.07, 6.45) is -4.53. The summed E-state index contributed by atoms with van der Waals surface area (Å²) < 4.78 is 57.9. The fourth-order valence-corrected chi connectivity index (χ4v) is 9.03. The highest BCUT2D eigenvalue weighted by molar-refractivity contribution is 5.96. The number of aromatic nitrogens is 2. The molecule has 17 nitrogen and oxygen atoms in total. The second kappa shape index (κ2) is 20.2. The fourth-order valence-electron chi connectivity index (χ4n) is 9.03. The molecule has 2 fully saturated rings. The van der Waals surface area contributed by atoms with Crippen LogP contribution in [0.5, 0.6) is 0 Å². The number of nitrogens with zero attached hydrogens (tertiary/aromatic N) is 2. The monoisotopic (exact) mass is 938 g/mol. The van der Waals surface area contributed by atoms with Crippen molar-refractivity contribution in [2.75, 3.05) is 27.3 Å². The van der Waals surface area contributed by atoms with Gasteiger partial charge in [0.1, 0.15) is 41.0 Å². The van der Waals surface area contributed by atoms with E-state index in [9.17, 15) is 29.1 Å². The number of aliphatic hydroxyl groups excluding tert-OH is 1. The molecule has 0 unspecified atom stereocenters. The summed E-state index contributed by atoms with van der Waals surface area (Å²) in [6, 6.07) is 4.37. The van der Waals surface area contributed by atoms with Crippen molar-refractivity contribution >= 4 is 51.8 Å². The Morgan fingerprint density at radius 3 is 1.55 bits per heavy atom. The molecule has 2 saturated heterocycles. The molecule has 4 heterocycles. The Kier molecular flexibility index (Phi) is 15.3. The van der Waals surface area contributed by atoms with Gasteiger partial charge in [-0.05, 0) is 122 Å². The summed E-state index contributed by atoms with van der Waals surface area (Å²) in [6.45, 7) is 15.0. The maximum Gasteiger partial charge on any atom is 0.408 e. The van der Waals surface area contributed by atoms with Crippen molar-refractivity contribution in [3.63, 3.8) is 0 Å². The molecule has 0 saturated carbocycles. The Morgan fingerprint density at radius 2 is 1.13 bits per heavy atom. The van der Waals surface area contributed by atoms with Gasteiger partial charge in [0.15, 0.2) is 0 Å². The zero-order valence-electron chi connectivity index (χ0n) is 40.0. The number of halogens is 2. The number of likely N-dealkylation sites (tertiary alicyclic amines) is 2. The standard InChI is InChI=1S/C48H64F2N6O11/c1-24(63-10)39(53-45(61)66-47(4,5)6)43(59)55-18-16-37(58)35(55)22-31-29-14-12-27(49)20-33(29)51-41(31)42-32(30-15-13-28(50)21-34(30)52-42)23-36-38(65-26(3)57)17-19-56(36)44(60)40(25(2)64-11)54-46(62)67-48(7,8)9/h12-15,20-21,24-25,35-40,51-52,58H,16-19,22-23H2,1-11H3,(H,53,61)(H,54,62)/t24-,25-,35-,36-,37+,38+,39+,40+/m1/s1. The van der Waals surface area contributed by atoms with Gasteiger partial charge in [0.25, 0.3) is 0 Å². The van der Waals surface area contributed by atoms with Gasteiger partial charge in [-0.1, -0.05) is 0 Å². The molecule has 366 valence electrons. The smallest absolute Gasteiger partial charge is 0.408 e. The first-order valence-electron chi connectivity index (χ1n) is 22.5. The van der Waals surface area contributed by atoms with Crippen LogP contribution in [0.4, 0.5) is 18.4 Å². The van der Waals surface area contributed by atoms with Crippen LogP contribution >= 0.6 is 0 Å². The van der Waals surface area contributed by atoms with Crippen LogP contribution in [0.25, 0.3) is 33.2 Å². The number of methoxy groups -OCH3 is 2. The number of hydrogen-bond acceptors (Lipinski definition) is 11. The number of H-pyrrole nitrogens is 2. The van der Waals surface area contributed by atoms with E-state index in [0.29, 0.717) is 44.3 Å². The molecule has 19 heteroatoms. The van der Waals surface area contributed by atoms with Gasteiger partial charge in [-0.15, -0.1) is 0 Å². The lowest BCUT2D eigenvalue weighted by atomic mass is 9.93. The number of amides is 4. The minimum atomic E-state index is -1.21. The summed E-state index contributed by atoms with van der Waals surface area (Å²) in [7, 11) is 2.82.